The van der Waals surface area contributed by atoms with E-state index in [2.05, 4.69) is 25.9 Å². The van der Waals surface area contributed by atoms with Crippen molar-refractivity contribution < 1.29 is 0 Å². The number of hydrogen-bond acceptors (Lipinski definition) is 4. The van der Waals surface area contributed by atoms with Crippen molar-refractivity contribution in [1.82, 2.24) is 15.5 Å². The maximum absolute atomic E-state index is 5.66. The van der Waals surface area contributed by atoms with Crippen molar-refractivity contribution in [2.45, 2.75) is 76.3 Å². The molecule has 0 aromatic carbocycles. The number of fused-ring (bicyclic) bond motifs is 1. The highest BCUT2D eigenvalue weighted by Gasteiger charge is 2.32. The molecular formula is C19H30N4S2. The van der Waals surface area contributed by atoms with Gasteiger partial charge in [-0.2, -0.15) is 0 Å². The minimum absolute atomic E-state index is 0.520. The van der Waals surface area contributed by atoms with Gasteiger partial charge in [-0.15, -0.1) is 0 Å². The van der Waals surface area contributed by atoms with E-state index in [1.165, 1.54) is 68.7 Å². The Morgan fingerprint density at radius 2 is 1.92 bits per heavy atom. The van der Waals surface area contributed by atoms with Gasteiger partial charge in [-0.25, -0.2) is 0 Å². The van der Waals surface area contributed by atoms with Crippen molar-refractivity contribution in [3.05, 3.63) is 11.1 Å². The third-order valence-electron chi connectivity index (χ3n) is 6.09. The van der Waals surface area contributed by atoms with Crippen molar-refractivity contribution >= 4 is 34.3 Å². The van der Waals surface area contributed by atoms with Gasteiger partial charge in [0.25, 0.3) is 0 Å². The summed E-state index contributed by atoms with van der Waals surface area (Å²) in [6.07, 6.45) is 13.0. The van der Waals surface area contributed by atoms with Crippen molar-refractivity contribution in [2.75, 3.05) is 13.1 Å². The summed E-state index contributed by atoms with van der Waals surface area (Å²) in [6.45, 7) is 2.03. The summed E-state index contributed by atoms with van der Waals surface area (Å²) < 4.78 is 0. The monoisotopic (exact) mass is 378 g/mol. The van der Waals surface area contributed by atoms with Crippen LogP contribution < -0.4 is 10.6 Å². The van der Waals surface area contributed by atoms with Crippen LogP contribution in [0.4, 0.5) is 0 Å². The Labute approximate surface area is 161 Å². The predicted molar refractivity (Wildman–Crippen MR) is 111 cm³/mol. The number of thiocarbonyl (C=S) groups is 1. The Morgan fingerprint density at radius 1 is 1.12 bits per heavy atom. The van der Waals surface area contributed by atoms with Crippen LogP contribution in [-0.4, -0.2) is 40.4 Å². The zero-order chi connectivity index (χ0) is 17.1. The number of rotatable bonds is 4. The van der Waals surface area contributed by atoms with E-state index in [-0.39, 0.29) is 0 Å². The number of amidine groups is 1. The standard InChI is InChI=1S/C19H30N4S2/c24-18(21-15-7-2-1-3-8-15)22-17-9-5-4-6-14(17)12-16-13-25-19-20-10-11-23(16)19/h13-15,17H,1-12H2,(H2,21,22,24). The van der Waals surface area contributed by atoms with Crippen LogP contribution in [0.1, 0.15) is 64.2 Å². The quantitative estimate of drug-likeness (QED) is 0.724. The van der Waals surface area contributed by atoms with Crippen molar-refractivity contribution in [2.24, 2.45) is 10.9 Å². The molecule has 2 N–H and O–H groups in total. The number of hydrogen-bond donors (Lipinski definition) is 2. The third-order valence-corrected chi connectivity index (χ3v) is 7.27. The first-order chi connectivity index (χ1) is 12.3. The average Bonchev–Trinajstić information content (AvgIpc) is 3.22. The highest BCUT2D eigenvalue weighted by atomic mass is 32.2. The lowest BCUT2D eigenvalue weighted by Crippen LogP contribution is -2.50. The lowest BCUT2D eigenvalue weighted by atomic mass is 9.81. The van der Waals surface area contributed by atoms with E-state index >= 15 is 0 Å². The molecule has 0 aromatic heterocycles. The lowest BCUT2D eigenvalue weighted by Gasteiger charge is -2.35. The van der Waals surface area contributed by atoms with Gasteiger partial charge in [-0.3, -0.25) is 4.99 Å². The Kier molecular flexibility index (Phi) is 5.86. The first-order valence-corrected chi connectivity index (χ1v) is 11.3. The van der Waals surface area contributed by atoms with Gasteiger partial charge in [0.2, 0.25) is 0 Å². The molecule has 4 rings (SSSR count). The van der Waals surface area contributed by atoms with E-state index < -0.39 is 0 Å². The molecule has 0 spiro atoms. The van der Waals surface area contributed by atoms with Gasteiger partial charge in [0, 0.05) is 24.3 Å². The molecule has 2 heterocycles. The fourth-order valence-electron chi connectivity index (χ4n) is 4.69. The fraction of sp³-hybridized carbons (Fsp3) is 0.789. The summed E-state index contributed by atoms with van der Waals surface area (Å²) in [7, 11) is 0. The molecule has 0 saturated heterocycles. The van der Waals surface area contributed by atoms with Crippen LogP contribution >= 0.6 is 24.0 Å². The van der Waals surface area contributed by atoms with Gasteiger partial charge in [0.05, 0.1) is 6.54 Å². The minimum Gasteiger partial charge on any atom is -0.360 e. The first kappa shape index (κ1) is 17.7. The van der Waals surface area contributed by atoms with Gasteiger partial charge < -0.3 is 15.5 Å². The molecule has 0 bridgehead atoms. The molecule has 138 valence electrons. The van der Waals surface area contributed by atoms with Crippen LogP contribution in [0.15, 0.2) is 16.1 Å². The van der Waals surface area contributed by atoms with Crippen LogP contribution in [0.2, 0.25) is 0 Å². The molecule has 2 atom stereocenters. The van der Waals surface area contributed by atoms with Gasteiger partial charge in [-0.05, 0) is 55.6 Å². The number of allylic oxidation sites excluding steroid dienone is 1. The van der Waals surface area contributed by atoms with E-state index in [0.29, 0.717) is 18.0 Å². The Balaban J connectivity index is 1.31. The number of thioether (sulfide) groups is 1. The second kappa shape index (κ2) is 8.30. The normalized spacial score (nSPS) is 29.8. The summed E-state index contributed by atoms with van der Waals surface area (Å²) >= 11 is 7.46. The molecule has 0 aromatic rings. The van der Waals surface area contributed by atoms with Crippen LogP contribution in [0.25, 0.3) is 0 Å². The van der Waals surface area contributed by atoms with Gasteiger partial charge in [0.15, 0.2) is 10.3 Å². The Bertz CT molecular complexity index is 554. The van der Waals surface area contributed by atoms with E-state index in [1.54, 1.807) is 11.8 Å². The zero-order valence-electron chi connectivity index (χ0n) is 15.0. The van der Waals surface area contributed by atoms with E-state index in [0.717, 1.165) is 24.6 Å². The first-order valence-electron chi connectivity index (χ1n) is 10.0. The lowest BCUT2D eigenvalue weighted by molar-refractivity contribution is 0.273. The van der Waals surface area contributed by atoms with Crippen LogP contribution in [0, 0.1) is 5.92 Å². The maximum Gasteiger partial charge on any atom is 0.167 e. The Hall–Kier alpha value is -0.750. The third kappa shape index (κ3) is 4.33. The molecule has 6 heteroatoms. The molecule has 2 fully saturated rings. The molecule has 2 unspecified atom stereocenters. The highest BCUT2D eigenvalue weighted by molar-refractivity contribution is 8.16. The molecule has 2 aliphatic heterocycles. The Morgan fingerprint density at radius 3 is 2.80 bits per heavy atom. The van der Waals surface area contributed by atoms with Crippen LogP contribution in [0.3, 0.4) is 0 Å². The molecular weight excluding hydrogens is 348 g/mol. The molecule has 4 nitrogen and oxygen atoms in total. The summed E-state index contributed by atoms with van der Waals surface area (Å²) in [6, 6.07) is 1.11. The van der Waals surface area contributed by atoms with Gasteiger partial charge in [-0.1, -0.05) is 43.9 Å². The summed E-state index contributed by atoms with van der Waals surface area (Å²) in [4.78, 5) is 7.01. The van der Waals surface area contributed by atoms with Crippen LogP contribution in [0.5, 0.6) is 0 Å². The number of nitrogens with zero attached hydrogens (tertiary/aromatic N) is 2. The molecule has 2 saturated carbocycles. The number of aliphatic imine (C=N–C) groups is 1. The van der Waals surface area contributed by atoms with E-state index in [9.17, 15) is 0 Å². The molecule has 0 radical (unpaired) electrons. The van der Waals surface area contributed by atoms with Gasteiger partial charge in [0.1, 0.15) is 0 Å². The van der Waals surface area contributed by atoms with E-state index in [4.69, 9.17) is 12.2 Å². The fourth-order valence-corrected chi connectivity index (χ4v) is 5.97. The zero-order valence-corrected chi connectivity index (χ0v) is 16.6. The maximum atomic E-state index is 5.66. The molecule has 4 aliphatic rings. The van der Waals surface area contributed by atoms with Crippen molar-refractivity contribution in [3.8, 4) is 0 Å². The predicted octanol–water partition coefficient (Wildman–Crippen LogP) is 3.99. The van der Waals surface area contributed by atoms with Gasteiger partial charge >= 0.3 is 0 Å². The molecule has 2 aliphatic carbocycles. The summed E-state index contributed by atoms with van der Waals surface area (Å²) in [5.41, 5.74) is 1.48. The van der Waals surface area contributed by atoms with Crippen molar-refractivity contribution in [3.63, 3.8) is 0 Å². The topological polar surface area (TPSA) is 39.7 Å². The summed E-state index contributed by atoms with van der Waals surface area (Å²) in [5.74, 6) is 0.687. The summed E-state index contributed by atoms with van der Waals surface area (Å²) in [5, 5.41) is 11.7. The smallest absolute Gasteiger partial charge is 0.167 e. The SMILES string of the molecule is S=C(NC1CCCCC1)NC1CCCCC1CC1=CSC2=NCCN12. The largest absolute Gasteiger partial charge is 0.360 e. The highest BCUT2D eigenvalue weighted by Crippen LogP contribution is 2.36. The second-order valence-corrected chi connectivity index (χ2v) is 9.10. The molecule has 25 heavy (non-hydrogen) atoms. The van der Waals surface area contributed by atoms with Crippen LogP contribution in [-0.2, 0) is 0 Å². The minimum atomic E-state index is 0.520. The second-order valence-electron chi connectivity index (χ2n) is 7.85. The van der Waals surface area contributed by atoms with Crippen molar-refractivity contribution in [1.29, 1.82) is 0 Å². The molecule has 0 amide bonds. The number of nitrogens with one attached hydrogen (secondary N) is 2. The van der Waals surface area contributed by atoms with E-state index in [1.807, 2.05) is 0 Å². The average molecular weight is 379 g/mol.